The number of hydrogen-bond donors (Lipinski definition) is 6. The fourth-order valence-corrected chi connectivity index (χ4v) is 33.2. The summed E-state index contributed by atoms with van der Waals surface area (Å²) in [4.78, 5) is 130. The van der Waals surface area contributed by atoms with Crippen LogP contribution in [0.5, 0.6) is 0 Å². The van der Waals surface area contributed by atoms with Crippen molar-refractivity contribution in [2.24, 2.45) is 35.5 Å². The number of carbonyl (C=O) groups excluding carboxylic acids is 6. The smallest absolute Gasteiger partial charge is 0.263 e. The number of aromatic nitrogens is 6. The zero-order valence-electron chi connectivity index (χ0n) is 89.8. The Morgan fingerprint density at radius 2 is 0.413 bits per heavy atom. The van der Waals surface area contributed by atoms with Gasteiger partial charge in [-0.25, -0.2) is 0 Å². The summed E-state index contributed by atoms with van der Waals surface area (Å²) < 4.78 is 6.81. The third-order valence-corrected chi connectivity index (χ3v) is 43.1. The van der Waals surface area contributed by atoms with Crippen LogP contribution in [0.15, 0.2) is 284 Å². The lowest BCUT2D eigenvalue weighted by Gasteiger charge is -2.16. The Hall–Kier alpha value is -8.76. The molecule has 0 saturated heterocycles. The van der Waals surface area contributed by atoms with E-state index in [-0.39, 0.29) is 85.6 Å². The maximum absolute atomic E-state index is 15.6. The third kappa shape index (κ3) is 36.4. The van der Waals surface area contributed by atoms with Crippen LogP contribution in [0.4, 0.5) is 34.1 Å². The van der Waals surface area contributed by atoms with E-state index in [2.05, 4.69) is 193 Å². The second kappa shape index (κ2) is 59.8. The predicted octanol–water partition coefficient (Wildman–Crippen LogP) is 38.0. The second-order valence-corrected chi connectivity index (χ2v) is 54.9. The van der Waals surface area contributed by atoms with E-state index >= 15 is 14.4 Å². The number of nitrogens with one attached hydrogen (secondary N) is 6. The van der Waals surface area contributed by atoms with Gasteiger partial charge in [0.25, 0.3) is 35.4 Å². The molecule has 6 N–H and O–H groups in total. The van der Waals surface area contributed by atoms with Crippen molar-refractivity contribution >= 4 is 211 Å². The summed E-state index contributed by atoms with van der Waals surface area (Å²) in [6, 6.07) is 24.6. The van der Waals surface area contributed by atoms with Crippen molar-refractivity contribution in [2.75, 3.05) is 31.9 Å². The fraction of sp³-hybridized carbons (Fsp3) is 0.400. The molecule has 6 amide bonds. The first-order valence-corrected chi connectivity index (χ1v) is 62.3. The number of hydrogen-bond acceptors (Lipinski definition) is 24. The summed E-state index contributed by atoms with van der Waals surface area (Å²) in [7, 11) is 0. The molecule has 0 fully saturated rings. The zero-order valence-corrected chi connectivity index (χ0v) is 99.6. The summed E-state index contributed by atoms with van der Waals surface area (Å²) >= 11 is 20.3. The van der Waals surface area contributed by atoms with Crippen molar-refractivity contribution in [1.29, 1.82) is 0 Å². The molecule has 0 radical (unpaired) electrons. The lowest BCUT2D eigenvalue weighted by Crippen LogP contribution is -2.20. The minimum absolute atomic E-state index is 0.107. The molecule has 792 valence electrons. The first kappa shape index (κ1) is 118. The zero-order chi connectivity index (χ0) is 107. The molecule has 6 aliphatic rings. The number of nitrogens with zero attached hydrogens (tertiary/aromatic N) is 6. The Balaban J connectivity index is 0.748. The summed E-state index contributed by atoms with van der Waals surface area (Å²) in [5.41, 5.74) is 10.9. The Bertz CT molecular complexity index is 5820. The number of benzene rings is 1. The van der Waals surface area contributed by atoms with Crippen LogP contribution in [0, 0.1) is 35.5 Å². The van der Waals surface area contributed by atoms with Gasteiger partial charge < -0.3 is 31.9 Å². The van der Waals surface area contributed by atoms with Gasteiger partial charge in [0.15, 0.2) is 0 Å². The predicted molar refractivity (Wildman–Crippen MR) is 658 cm³/mol. The molecule has 0 aliphatic carbocycles. The highest BCUT2D eigenvalue weighted by atomic mass is 32.2. The molecule has 6 atom stereocenters. The van der Waals surface area contributed by atoms with Gasteiger partial charge in [-0.05, 0) is 380 Å². The van der Waals surface area contributed by atoms with Crippen molar-refractivity contribution in [2.45, 2.75) is 279 Å². The van der Waals surface area contributed by atoms with Gasteiger partial charge in [0.05, 0.1) is 74.3 Å². The lowest BCUT2D eigenvalue weighted by molar-refractivity contribution is -0.113. The SMILES string of the molecule is CC(C)=CCC[C@@H](C)CCC1=C(CC[C@H](C)CCC=C(C)C)SC(=C2SC=C(C(=O)Nc3cccnc3-c3ncccc3NC(=O)c3cc(C(=O)Nc4cccnc4-c4ncccc4NC(=O)C4=CSC(=C5SC(CC[C@H](C)CCC=C(C)C)=C(CC[C@H](C)CCC=C(C)C)S5)S4)cc(C(=O)Nc4cccnc4-c4ncccc4NC(=O)C4=CSC(=C5SC(CC[C@H](C)CCC=C(C)C)=C(CC[C@H](C)CCC=C(C)C)S5)S4)c3)S2)S1. The number of anilines is 6. The van der Waals surface area contributed by atoms with E-state index < -0.39 is 17.7 Å². The highest BCUT2D eigenvalue weighted by molar-refractivity contribution is 8.35. The summed E-state index contributed by atoms with van der Waals surface area (Å²) in [5, 5.41) is 24.3. The van der Waals surface area contributed by atoms with Crippen molar-refractivity contribution in [3.63, 3.8) is 0 Å². The molecule has 0 unspecified atom stereocenters. The molecule has 30 heteroatoms. The fourth-order valence-electron chi connectivity index (χ4n) is 17.2. The molecular formula is C120H144N12O6S12. The average molecular weight is 2240 g/mol. The maximum atomic E-state index is 15.6. The number of allylic oxidation sites excluding steroid dienone is 18. The first-order valence-electron chi connectivity index (χ1n) is 52.4. The van der Waals surface area contributed by atoms with Crippen LogP contribution in [0.25, 0.3) is 34.2 Å². The molecule has 0 saturated carbocycles. The highest BCUT2D eigenvalue weighted by Gasteiger charge is 2.36. The average Bonchev–Trinajstić information content (AvgIpc) is 1.45. The number of rotatable bonds is 51. The van der Waals surface area contributed by atoms with E-state index in [4.69, 9.17) is 29.9 Å². The second-order valence-electron chi connectivity index (χ2n) is 40.9. The first-order chi connectivity index (χ1) is 72.2. The molecule has 6 aromatic heterocycles. The molecule has 0 spiro atoms. The van der Waals surface area contributed by atoms with Crippen LogP contribution in [-0.4, -0.2) is 65.3 Å². The van der Waals surface area contributed by atoms with E-state index in [1.807, 2.05) is 86.8 Å². The molecule has 0 bridgehead atoms. The monoisotopic (exact) mass is 2230 g/mol. The topological polar surface area (TPSA) is 252 Å². The lowest BCUT2D eigenvalue weighted by atomic mass is 9.97. The largest absolute Gasteiger partial charge is 0.320 e. The molecule has 12 heterocycles. The van der Waals surface area contributed by atoms with E-state index in [1.165, 1.54) is 129 Å². The van der Waals surface area contributed by atoms with Gasteiger partial charge in [0.2, 0.25) is 0 Å². The van der Waals surface area contributed by atoms with Gasteiger partial charge in [-0.3, -0.25) is 58.7 Å². The van der Waals surface area contributed by atoms with Crippen molar-refractivity contribution in [1.82, 2.24) is 29.9 Å². The Labute approximate surface area is 941 Å². The number of carbonyl (C=O) groups is 6. The highest BCUT2D eigenvalue weighted by Crippen LogP contribution is 2.64. The molecule has 150 heavy (non-hydrogen) atoms. The van der Waals surface area contributed by atoms with Gasteiger partial charge >= 0.3 is 0 Å². The van der Waals surface area contributed by atoms with E-state index in [0.29, 0.717) is 67.3 Å². The molecule has 7 aromatic rings. The van der Waals surface area contributed by atoms with Crippen molar-refractivity contribution in [3.8, 4) is 34.2 Å². The van der Waals surface area contributed by atoms with Crippen LogP contribution in [0.2, 0.25) is 0 Å². The number of amides is 6. The molecule has 6 aliphatic heterocycles. The quantitative estimate of drug-likeness (QED) is 0.0194. The van der Waals surface area contributed by atoms with Crippen LogP contribution in [-0.2, 0) is 14.4 Å². The van der Waals surface area contributed by atoms with Crippen LogP contribution < -0.4 is 31.9 Å². The van der Waals surface area contributed by atoms with Gasteiger partial charge in [-0.15, -0.1) is 0 Å². The molecule has 18 nitrogen and oxygen atoms in total. The third-order valence-electron chi connectivity index (χ3n) is 26.0. The summed E-state index contributed by atoms with van der Waals surface area (Å²) in [5.74, 6) is 0.297. The Morgan fingerprint density at radius 1 is 0.240 bits per heavy atom. The van der Waals surface area contributed by atoms with Gasteiger partial charge in [-0.1, -0.05) is 253 Å². The van der Waals surface area contributed by atoms with Gasteiger partial charge in [-0.2, -0.15) is 0 Å². The van der Waals surface area contributed by atoms with E-state index in [9.17, 15) is 14.4 Å². The van der Waals surface area contributed by atoms with Gasteiger partial charge in [0, 0.05) is 83.3 Å². The minimum Gasteiger partial charge on any atom is -0.320 e. The normalized spacial score (nSPS) is 15.7. The van der Waals surface area contributed by atoms with Crippen LogP contribution in [0.3, 0.4) is 0 Å². The summed E-state index contributed by atoms with van der Waals surface area (Å²) in [6.07, 6.45) is 49.7. The van der Waals surface area contributed by atoms with E-state index in [0.717, 1.165) is 167 Å². The standard InChI is InChI=1S/C120H144N12O6S12/c1-73(2)31-19-37-79(13)49-55-94-95(56-50-80(14)38-20-32-74(3)4)143-118(142-94)115-139-70-100(148-115)112(136)130-91-46-28-64-124-106(91)103-88(43-25-61-121-103)127-109(133)85-67-86(110(134)128-89-44-26-62-122-104(89)107-92(47-29-65-125-107)131-113(137)101-71-140-116(149-101)119-144-96(57-51-81(15)39-21-33-75(5)6)97(145-119)58-52-82(16)40-22-34-76(7)8)69-87(68-85)111(135)129-90-45-27-63-123-105(90)108-93(48-30-66-126-108)132-114(138)102-72-141-117(150-102)120-146-98(59-53-83(17)41-23-35-77(9)10)99(147-120)60-54-84(18)42-24-36-78(11)12/h25-36,43-48,61-72,79-84H,19-24,37-42,49-60H2,1-18H3,(H,127,133)(H,128,134)(H,129,135)(H,130,136)(H,131,137)(H,132,138)/t79-,80-,81-,82-,83-,84-/m1/s1. The minimum atomic E-state index is -0.734. The molecular weight excluding hydrogens is 2090 g/mol. The van der Waals surface area contributed by atoms with E-state index in [1.54, 1.807) is 145 Å². The number of thioether (sulfide) groups is 12. The van der Waals surface area contributed by atoms with Crippen molar-refractivity contribution in [3.05, 3.63) is 301 Å². The molecule has 1 aromatic carbocycles. The van der Waals surface area contributed by atoms with Crippen LogP contribution in [0.1, 0.15) is 310 Å². The number of pyridine rings is 6. The maximum Gasteiger partial charge on any atom is 0.263 e. The Morgan fingerprint density at radius 3 is 0.587 bits per heavy atom. The van der Waals surface area contributed by atoms with Crippen molar-refractivity contribution < 1.29 is 28.8 Å². The molecule has 13 rings (SSSR count). The van der Waals surface area contributed by atoms with Gasteiger partial charge in [0.1, 0.15) is 34.2 Å². The summed E-state index contributed by atoms with van der Waals surface area (Å²) in [6.45, 7) is 40.2. The van der Waals surface area contributed by atoms with Crippen LogP contribution >= 0.6 is 141 Å². The Kier molecular flexibility index (Phi) is 47.2.